The zero-order valence-corrected chi connectivity index (χ0v) is 31.2. The first-order valence-electron chi connectivity index (χ1n) is 17.7. The van der Waals surface area contributed by atoms with Crippen LogP contribution in [0, 0.1) is 11.7 Å². The van der Waals surface area contributed by atoms with Gasteiger partial charge in [0.2, 0.25) is 0 Å². The molecule has 3 aliphatic rings. The van der Waals surface area contributed by atoms with Gasteiger partial charge in [-0.25, -0.2) is 14.0 Å². The van der Waals surface area contributed by atoms with E-state index >= 15 is 4.39 Å². The Morgan fingerprint density at radius 1 is 0.944 bits per heavy atom. The molecule has 0 amide bonds. The van der Waals surface area contributed by atoms with Crippen molar-refractivity contribution in [3.8, 4) is 11.5 Å². The number of benzene rings is 3. The smallest absolute Gasteiger partial charge is 0.387 e. The summed E-state index contributed by atoms with van der Waals surface area (Å²) in [5.74, 6) is -1.72. The molecule has 7 rings (SSSR count). The number of pyridine rings is 1. The highest BCUT2D eigenvalue weighted by Crippen LogP contribution is 2.37. The average molecular weight is 787 g/mol. The first-order valence-corrected chi connectivity index (χ1v) is 18.4. The molecule has 0 saturated carbocycles. The van der Waals surface area contributed by atoms with E-state index in [1.54, 1.807) is 56.3 Å². The molecular weight excluding hydrogens is 746 g/mol. The van der Waals surface area contributed by atoms with Crippen molar-refractivity contribution >= 4 is 35.1 Å². The molecule has 3 aliphatic heterocycles. The van der Waals surface area contributed by atoms with Gasteiger partial charge in [0, 0.05) is 37.5 Å². The number of carbonyl (C=O) groups excluding carboxylic acids is 2. The van der Waals surface area contributed by atoms with Crippen LogP contribution in [0.5, 0.6) is 11.5 Å². The SMILES string of the molecule is CC(C)Oc1cc([C@H](Cc2c(Cl)cncc2Cl)OC(=O)c2cccc(CNC(C(=O)O[C@H]3CN4CCC3CC4)c3ccccc3F)c2)ccc1OC(F)F. The van der Waals surface area contributed by atoms with Crippen LogP contribution >= 0.6 is 23.2 Å². The predicted molar refractivity (Wildman–Crippen MR) is 196 cm³/mol. The van der Waals surface area contributed by atoms with Crippen LogP contribution in [0.15, 0.2) is 79.1 Å². The maximum Gasteiger partial charge on any atom is 0.387 e. The van der Waals surface area contributed by atoms with Gasteiger partial charge in [-0.05, 0) is 92.7 Å². The zero-order chi connectivity index (χ0) is 38.4. The molecule has 0 aliphatic carbocycles. The molecule has 0 radical (unpaired) electrons. The molecule has 286 valence electrons. The minimum absolute atomic E-state index is 0.00931. The van der Waals surface area contributed by atoms with Gasteiger partial charge in [0.25, 0.3) is 0 Å². The highest BCUT2D eigenvalue weighted by molar-refractivity contribution is 6.35. The number of nitrogens with one attached hydrogen (secondary N) is 1. The van der Waals surface area contributed by atoms with Gasteiger partial charge >= 0.3 is 18.6 Å². The number of fused-ring (bicyclic) bond motifs is 3. The normalized spacial score (nSPS) is 19.0. The molecule has 9 nitrogen and oxygen atoms in total. The maximum absolute atomic E-state index is 15.1. The first kappa shape index (κ1) is 39.3. The zero-order valence-electron chi connectivity index (χ0n) is 29.7. The van der Waals surface area contributed by atoms with Crippen LogP contribution in [0.4, 0.5) is 13.2 Å². The summed E-state index contributed by atoms with van der Waals surface area (Å²) in [6.07, 6.45) is 3.07. The molecule has 3 aromatic carbocycles. The molecule has 3 fully saturated rings. The Labute approximate surface area is 321 Å². The van der Waals surface area contributed by atoms with Crippen molar-refractivity contribution in [1.82, 2.24) is 15.2 Å². The number of hydrogen-bond donors (Lipinski definition) is 1. The standard InChI is InChI=1S/C40H40Cl2F3N3O6/c1-23(2)51-35-17-26(10-11-33(35)54-40(44)45)34(18-29-30(41)20-46-21-31(29)42)52-38(49)27-7-5-6-24(16-27)19-47-37(28-8-3-4-9-32(28)43)39(50)53-36-22-48-14-12-25(36)13-15-48/h3-11,16-17,20-21,23,25,34,36-37,40,47H,12-15,18-19,22H2,1-2H3/t34-,36-,37?/m0/s1. The second-order valence-electron chi connectivity index (χ2n) is 13.6. The fraction of sp³-hybridized carbons (Fsp3) is 0.375. The number of carbonyl (C=O) groups is 2. The average Bonchev–Trinajstić information content (AvgIpc) is 3.14. The number of hydrogen-bond acceptors (Lipinski definition) is 9. The lowest BCUT2D eigenvalue weighted by Gasteiger charge is -2.44. The monoisotopic (exact) mass is 785 g/mol. The number of rotatable bonds is 15. The summed E-state index contributed by atoms with van der Waals surface area (Å²) in [7, 11) is 0. The van der Waals surface area contributed by atoms with Gasteiger partial charge in [0.1, 0.15) is 24.1 Å². The number of halogens is 5. The fourth-order valence-corrected chi connectivity index (χ4v) is 7.35. The van der Waals surface area contributed by atoms with Crippen molar-refractivity contribution in [1.29, 1.82) is 0 Å². The Kier molecular flexibility index (Phi) is 13.0. The van der Waals surface area contributed by atoms with Crippen LogP contribution in [-0.4, -0.2) is 60.3 Å². The summed E-state index contributed by atoms with van der Waals surface area (Å²) in [6.45, 7) is 3.08. The van der Waals surface area contributed by atoms with Crippen molar-refractivity contribution in [2.45, 2.75) is 70.6 Å². The first-order chi connectivity index (χ1) is 25.9. The van der Waals surface area contributed by atoms with Crippen LogP contribution in [0.1, 0.15) is 71.4 Å². The van der Waals surface area contributed by atoms with Gasteiger partial charge in [-0.15, -0.1) is 0 Å². The minimum atomic E-state index is -3.09. The van der Waals surface area contributed by atoms with Crippen molar-refractivity contribution < 1.29 is 41.7 Å². The second-order valence-corrected chi connectivity index (χ2v) is 14.4. The van der Waals surface area contributed by atoms with Crippen LogP contribution in [0.3, 0.4) is 0 Å². The third-order valence-electron chi connectivity index (χ3n) is 9.50. The van der Waals surface area contributed by atoms with E-state index in [1.165, 1.54) is 36.7 Å². The number of nitrogens with zero attached hydrogens (tertiary/aromatic N) is 2. The topological polar surface area (TPSA) is 99.2 Å². The quantitative estimate of drug-likeness (QED) is 0.119. The van der Waals surface area contributed by atoms with E-state index in [0.29, 0.717) is 23.2 Å². The number of ether oxygens (including phenoxy) is 4. The largest absolute Gasteiger partial charge is 0.487 e. The minimum Gasteiger partial charge on any atom is -0.487 e. The number of alkyl halides is 2. The van der Waals surface area contributed by atoms with Gasteiger partial charge < -0.3 is 18.9 Å². The number of aromatic nitrogens is 1. The third-order valence-corrected chi connectivity index (χ3v) is 10.1. The predicted octanol–water partition coefficient (Wildman–Crippen LogP) is 8.53. The van der Waals surface area contributed by atoms with E-state index in [0.717, 1.165) is 25.9 Å². The Hall–Kier alpha value is -4.36. The Bertz CT molecular complexity index is 1920. The molecule has 3 saturated heterocycles. The van der Waals surface area contributed by atoms with E-state index < -0.39 is 36.5 Å². The molecule has 4 heterocycles. The number of esters is 2. The van der Waals surface area contributed by atoms with Crippen molar-refractivity contribution in [3.05, 3.63) is 123 Å². The molecule has 14 heteroatoms. The van der Waals surface area contributed by atoms with E-state index in [1.807, 2.05) is 0 Å². The molecule has 54 heavy (non-hydrogen) atoms. The van der Waals surface area contributed by atoms with Gasteiger partial charge in [-0.3, -0.25) is 15.2 Å². The summed E-state index contributed by atoms with van der Waals surface area (Å²) in [5, 5.41) is 3.63. The second kappa shape index (κ2) is 17.9. The summed E-state index contributed by atoms with van der Waals surface area (Å²) in [5.41, 5.74) is 1.80. The molecule has 0 spiro atoms. The van der Waals surface area contributed by atoms with E-state index in [9.17, 15) is 18.4 Å². The summed E-state index contributed by atoms with van der Waals surface area (Å²) < 4.78 is 64.0. The van der Waals surface area contributed by atoms with Crippen molar-refractivity contribution in [2.75, 3.05) is 19.6 Å². The molecule has 1 N–H and O–H groups in total. The molecule has 1 aromatic heterocycles. The van der Waals surface area contributed by atoms with E-state index in [4.69, 9.17) is 37.4 Å². The Morgan fingerprint density at radius 3 is 2.35 bits per heavy atom. The van der Waals surface area contributed by atoms with Crippen molar-refractivity contribution in [2.24, 2.45) is 5.92 Å². The van der Waals surface area contributed by atoms with Crippen LogP contribution in [-0.2, 0) is 27.2 Å². The highest BCUT2D eigenvalue weighted by atomic mass is 35.5. The van der Waals surface area contributed by atoms with Crippen LogP contribution in [0.2, 0.25) is 10.0 Å². The lowest BCUT2D eigenvalue weighted by atomic mass is 9.86. The molecule has 4 aromatic rings. The summed E-state index contributed by atoms with van der Waals surface area (Å²) in [4.78, 5) is 33.7. The third kappa shape index (κ3) is 9.84. The fourth-order valence-electron chi connectivity index (χ4n) is 6.83. The molecule has 1 unspecified atom stereocenters. The molecule has 2 bridgehead atoms. The van der Waals surface area contributed by atoms with Crippen molar-refractivity contribution in [3.63, 3.8) is 0 Å². The molecular formula is C40H40Cl2F3N3O6. The van der Waals surface area contributed by atoms with E-state index in [-0.39, 0.29) is 63.8 Å². The Balaban J connectivity index is 1.23. The molecule has 3 atom stereocenters. The van der Waals surface area contributed by atoms with Gasteiger partial charge in [-0.2, -0.15) is 8.78 Å². The van der Waals surface area contributed by atoms with Gasteiger partial charge in [0.15, 0.2) is 11.5 Å². The van der Waals surface area contributed by atoms with Crippen LogP contribution in [0.25, 0.3) is 0 Å². The van der Waals surface area contributed by atoms with Crippen LogP contribution < -0.4 is 14.8 Å². The number of piperidine rings is 3. The highest BCUT2D eigenvalue weighted by Gasteiger charge is 2.38. The summed E-state index contributed by atoms with van der Waals surface area (Å²) in [6, 6.07) is 15.8. The Morgan fingerprint density at radius 2 is 1.69 bits per heavy atom. The lowest BCUT2D eigenvalue weighted by molar-refractivity contribution is -0.161. The lowest BCUT2D eigenvalue weighted by Crippen LogP contribution is -2.52. The maximum atomic E-state index is 15.1. The van der Waals surface area contributed by atoms with Gasteiger partial charge in [0.05, 0.1) is 21.7 Å². The van der Waals surface area contributed by atoms with Gasteiger partial charge in [-0.1, -0.05) is 59.6 Å². The summed E-state index contributed by atoms with van der Waals surface area (Å²) >= 11 is 12.9. The van der Waals surface area contributed by atoms with E-state index in [2.05, 4.69) is 19.9 Å².